The second kappa shape index (κ2) is 57100. The van der Waals surface area contributed by atoms with Crippen LogP contribution in [-0.2, 0) is 17.8 Å². The molecule has 0 aromatic carbocycles. The maximum absolute atomic E-state index is 8.06. The number of rotatable bonds is 0. The molecule has 0 fully saturated rings. The molecule has 0 aliphatic rings. The normalized spacial score (nSPS) is 2.00. The van der Waals surface area contributed by atoms with Gasteiger partial charge in [-0.25, -0.2) is 0 Å². The molecule has 0 aliphatic heterocycles. The third kappa shape index (κ3) is 34200. The number of hydrogen-bond acceptors (Lipinski definition) is 4. The van der Waals surface area contributed by atoms with Gasteiger partial charge in [-0.3, -0.25) is 0 Å². The Labute approximate surface area is 59.0 Å². The zero-order chi connectivity index (χ0) is 8.00. The Morgan fingerprint density at radius 2 is 0.375 bits per heavy atom. The van der Waals surface area contributed by atoms with Gasteiger partial charge in [0.05, 0.1) is 0 Å². The summed E-state index contributed by atoms with van der Waals surface area (Å²) >= 11 is 0. The van der Waals surface area contributed by atoms with Gasteiger partial charge in [0.2, 0.25) is 0 Å². The van der Waals surface area contributed by atoms with Crippen molar-refractivity contribution in [2.75, 3.05) is 0 Å². The third-order valence-corrected chi connectivity index (χ3v) is 0. The van der Waals surface area contributed by atoms with Crippen molar-refractivity contribution in [2.45, 2.75) is 0 Å². The summed E-state index contributed by atoms with van der Waals surface area (Å²) in [5.74, 6) is 0. The zero-order valence-electron chi connectivity index (χ0n) is 3.63. The predicted molar refractivity (Wildman–Crippen MR) is 25.8 cm³/mol. The first kappa shape index (κ1) is 24.4. The molecule has 40 valence electrons. The van der Waals surface area contributed by atoms with E-state index in [0.717, 1.165) is 0 Å². The van der Waals surface area contributed by atoms with E-state index in [2.05, 4.69) is 0 Å². The van der Waals surface area contributed by atoms with E-state index in [9.17, 15) is 0 Å². The van der Waals surface area contributed by atoms with Crippen LogP contribution in [0.25, 0.3) is 0 Å². The van der Waals surface area contributed by atoms with Crippen molar-refractivity contribution >= 4 is 40.5 Å². The van der Waals surface area contributed by atoms with Crippen molar-refractivity contribution in [3.05, 3.63) is 0 Å². The van der Waals surface area contributed by atoms with Gasteiger partial charge in [0.25, 0.3) is 0 Å². The largest absolute Gasteiger partial charge is 0.381 e. The fourth-order valence-corrected chi connectivity index (χ4v) is 0. The molecule has 8 heavy (non-hydrogen) atoms. The summed E-state index contributed by atoms with van der Waals surface area (Å²) in [6.07, 6.45) is 0. The van der Waals surface area contributed by atoms with Crippen molar-refractivity contribution in [2.24, 2.45) is 0 Å². The van der Waals surface area contributed by atoms with E-state index < -0.39 is 0 Å². The fourth-order valence-electron chi connectivity index (χ4n) is 0. The highest BCUT2D eigenvalue weighted by atomic mass is 28.1. The summed E-state index contributed by atoms with van der Waals surface area (Å²) in [7, 11) is 6.89. The van der Waals surface area contributed by atoms with E-state index in [0.29, 0.717) is 0 Å². The topological polar surface area (TPSA) is 68.3 Å². The average molecular weight is 176 g/mol. The fraction of sp³-hybridized carbons (Fsp3) is 0. The SMILES string of the molecule is O=[Si].O=[Si].O=[Si].O=[Si]. The van der Waals surface area contributed by atoms with Gasteiger partial charge in [-0.2, -0.15) is 0 Å². The summed E-state index contributed by atoms with van der Waals surface area (Å²) in [6, 6.07) is 0. The Hall–Kier alpha value is 0.0675. The van der Waals surface area contributed by atoms with Gasteiger partial charge < -0.3 is 17.8 Å². The highest BCUT2D eigenvalue weighted by Crippen LogP contribution is 0.475. The molecule has 0 bridgehead atoms. The summed E-state index contributed by atoms with van der Waals surface area (Å²) in [6.45, 7) is 0. The molecule has 0 spiro atoms. The molecule has 0 rings (SSSR count). The molecule has 8 radical (unpaired) electrons. The molecular weight excluding hydrogens is 176 g/mol. The second-order valence-corrected chi connectivity index (χ2v) is 0. The van der Waals surface area contributed by atoms with Crippen LogP contribution in [0.4, 0.5) is 0 Å². The molecule has 0 aromatic rings. The van der Waals surface area contributed by atoms with Gasteiger partial charge in [-0.1, -0.05) is 0 Å². The van der Waals surface area contributed by atoms with E-state index in [-0.39, 0.29) is 0 Å². The molecule has 0 saturated heterocycles. The predicted octanol–water partition coefficient (Wildman–Crippen LogP) is -2.00. The Morgan fingerprint density at radius 1 is 0.375 bits per heavy atom. The van der Waals surface area contributed by atoms with Crippen LogP contribution in [0.2, 0.25) is 0 Å². The number of hydrogen-bond donors (Lipinski definition) is 0. The molecule has 0 N–H and O–H groups in total. The van der Waals surface area contributed by atoms with Gasteiger partial charge >= 0.3 is 40.5 Å². The maximum atomic E-state index is 8.06. The lowest BCUT2D eigenvalue weighted by atomic mass is 16.0. The minimum Gasteiger partial charge on any atom is -0.381 e. The average Bonchev–Trinajstić information content (AvgIpc) is 2.03. The van der Waals surface area contributed by atoms with E-state index in [1.165, 1.54) is 0 Å². The Balaban J connectivity index is -0.0000000133. The molecule has 0 amide bonds. The first-order valence-electron chi connectivity index (χ1n) is 0.816. The molecule has 0 aliphatic carbocycles. The van der Waals surface area contributed by atoms with Crippen LogP contribution in [0, 0.1) is 0 Å². The minimum absolute atomic E-state index is 1.72. The van der Waals surface area contributed by atoms with E-state index in [4.69, 9.17) is 17.8 Å². The Bertz CT molecular complexity index is 16.0. The monoisotopic (exact) mass is 176 g/mol. The smallest absolute Gasteiger partial charge is 0.381 e. The summed E-state index contributed by atoms with van der Waals surface area (Å²) in [4.78, 5) is 0. The first-order valence-corrected chi connectivity index (χ1v) is 2.45. The van der Waals surface area contributed by atoms with Gasteiger partial charge in [-0.15, -0.1) is 0 Å². The lowest BCUT2D eigenvalue weighted by Crippen LogP contribution is -0.969. The van der Waals surface area contributed by atoms with Gasteiger partial charge in [0.15, 0.2) is 0 Å². The summed E-state index contributed by atoms with van der Waals surface area (Å²) < 4.78 is 32.2. The molecule has 0 heterocycles. The first-order chi connectivity index (χ1) is 4.00. The van der Waals surface area contributed by atoms with Gasteiger partial charge in [0, 0.05) is 0 Å². The van der Waals surface area contributed by atoms with Crippen molar-refractivity contribution in [1.29, 1.82) is 0 Å². The molecule has 0 unspecified atom stereocenters. The second-order valence-electron chi connectivity index (χ2n) is 0. The highest BCUT2D eigenvalue weighted by Gasteiger charge is 0.809. The molecule has 0 atom stereocenters. The quantitative estimate of drug-likeness (QED) is 0.400. The van der Waals surface area contributed by atoms with Crippen LogP contribution >= 0.6 is 0 Å². The lowest BCUT2D eigenvalue weighted by molar-refractivity contribution is 0.589. The lowest BCUT2D eigenvalue weighted by Gasteiger charge is -0.803. The van der Waals surface area contributed by atoms with Crippen molar-refractivity contribution in [1.82, 2.24) is 0 Å². The van der Waals surface area contributed by atoms with Crippen LogP contribution in [0.5, 0.6) is 0 Å². The van der Waals surface area contributed by atoms with Gasteiger partial charge in [0.1, 0.15) is 0 Å². The molecule has 4 nitrogen and oxygen atoms in total. The van der Waals surface area contributed by atoms with Crippen LogP contribution < -0.4 is 0 Å². The van der Waals surface area contributed by atoms with Crippen LogP contribution in [0.15, 0.2) is 0 Å². The highest BCUT2D eigenvalue weighted by molar-refractivity contribution is 5.85. The van der Waals surface area contributed by atoms with Crippen LogP contribution in [0.3, 0.4) is 0 Å². The van der Waals surface area contributed by atoms with Gasteiger partial charge in [-0.05, 0) is 0 Å². The van der Waals surface area contributed by atoms with E-state index in [1.54, 1.807) is 40.5 Å². The zero-order valence-corrected chi connectivity index (χ0v) is 7.63. The van der Waals surface area contributed by atoms with E-state index >= 15 is 0 Å². The van der Waals surface area contributed by atoms with Crippen molar-refractivity contribution in [3.8, 4) is 0 Å². The van der Waals surface area contributed by atoms with Crippen molar-refractivity contribution < 1.29 is 17.8 Å². The minimum atomic E-state index is 1.72. The summed E-state index contributed by atoms with van der Waals surface area (Å²) in [5, 5.41) is 0. The molecule has 0 saturated carbocycles. The van der Waals surface area contributed by atoms with Crippen molar-refractivity contribution in [3.63, 3.8) is 0 Å². The summed E-state index contributed by atoms with van der Waals surface area (Å²) in [5.41, 5.74) is 0. The van der Waals surface area contributed by atoms with Crippen LogP contribution in [0.1, 0.15) is 0 Å². The van der Waals surface area contributed by atoms with E-state index in [1.807, 2.05) is 0 Å². The molecule has 8 heteroatoms. The maximum Gasteiger partial charge on any atom is 0.381 e. The third-order valence-electron chi connectivity index (χ3n) is 0. The Kier molecular flexibility index (Phi) is 174000. The molecule has 0 aromatic heterocycles. The Morgan fingerprint density at radius 3 is 0.375 bits per heavy atom. The van der Waals surface area contributed by atoms with Crippen LogP contribution in [-0.4, -0.2) is 40.5 Å². The standard InChI is InChI=1S/4OSi/c4*1-2. The molecular formula is O4Si4.